The highest BCUT2D eigenvalue weighted by Gasteiger charge is 2.09. The molecule has 1 aromatic rings. The van der Waals surface area contributed by atoms with Crippen molar-refractivity contribution >= 4 is 44.2 Å². The minimum Gasteiger partial charge on any atom is -0.382 e. The molecule has 1 nitrogen and oxygen atoms in total. The molecule has 84 valence electrons. The van der Waals surface area contributed by atoms with Gasteiger partial charge in [0.05, 0.1) is 0 Å². The van der Waals surface area contributed by atoms with Crippen LogP contribution in [-0.2, 0) is 0 Å². The maximum atomic E-state index is 3.54. The summed E-state index contributed by atoms with van der Waals surface area (Å²) in [6.45, 7) is 6.74. The van der Waals surface area contributed by atoms with E-state index in [9.17, 15) is 0 Å². The molecule has 0 radical (unpaired) electrons. The van der Waals surface area contributed by atoms with Gasteiger partial charge in [-0.2, -0.15) is 0 Å². The van der Waals surface area contributed by atoms with Crippen molar-refractivity contribution in [3.8, 4) is 0 Å². The standard InChI is InChI=1S/C12H17BrIN/c1-4-8(2)9(3)15-10-5-6-12(14)11(13)7-10/h5-9,15H,4H2,1-3H3. The lowest BCUT2D eigenvalue weighted by atomic mass is 10.0. The van der Waals surface area contributed by atoms with Crippen molar-refractivity contribution in [1.29, 1.82) is 0 Å². The Morgan fingerprint density at radius 3 is 2.60 bits per heavy atom. The lowest BCUT2D eigenvalue weighted by Crippen LogP contribution is -2.23. The van der Waals surface area contributed by atoms with Gasteiger partial charge in [0.1, 0.15) is 0 Å². The van der Waals surface area contributed by atoms with Gasteiger partial charge in [-0.05, 0) is 69.6 Å². The fourth-order valence-corrected chi connectivity index (χ4v) is 2.06. The van der Waals surface area contributed by atoms with Gasteiger partial charge in [-0.3, -0.25) is 0 Å². The van der Waals surface area contributed by atoms with Gasteiger partial charge in [-0.15, -0.1) is 0 Å². The van der Waals surface area contributed by atoms with Crippen LogP contribution < -0.4 is 5.32 Å². The highest BCUT2D eigenvalue weighted by molar-refractivity contribution is 14.1. The molecule has 1 rings (SSSR count). The Kier molecular flexibility index (Phi) is 5.39. The summed E-state index contributed by atoms with van der Waals surface area (Å²) < 4.78 is 2.40. The number of hydrogen-bond donors (Lipinski definition) is 1. The van der Waals surface area contributed by atoms with Crippen molar-refractivity contribution in [1.82, 2.24) is 0 Å². The van der Waals surface area contributed by atoms with Crippen LogP contribution in [0.5, 0.6) is 0 Å². The van der Waals surface area contributed by atoms with Gasteiger partial charge in [0.15, 0.2) is 0 Å². The van der Waals surface area contributed by atoms with Crippen LogP contribution in [0.2, 0.25) is 0 Å². The summed E-state index contributed by atoms with van der Waals surface area (Å²) >= 11 is 5.86. The first kappa shape index (κ1) is 13.3. The minimum atomic E-state index is 0.516. The summed E-state index contributed by atoms with van der Waals surface area (Å²) in [5.41, 5.74) is 1.19. The number of benzene rings is 1. The van der Waals surface area contributed by atoms with E-state index in [1.165, 1.54) is 15.7 Å². The zero-order chi connectivity index (χ0) is 11.4. The Morgan fingerprint density at radius 2 is 2.07 bits per heavy atom. The predicted molar refractivity (Wildman–Crippen MR) is 79.4 cm³/mol. The van der Waals surface area contributed by atoms with E-state index in [0.29, 0.717) is 12.0 Å². The lowest BCUT2D eigenvalue weighted by Gasteiger charge is -2.21. The van der Waals surface area contributed by atoms with Crippen LogP contribution in [0.3, 0.4) is 0 Å². The molecule has 0 fully saturated rings. The first-order valence-corrected chi connectivity index (χ1v) is 7.13. The average molecular weight is 382 g/mol. The molecule has 2 unspecified atom stereocenters. The van der Waals surface area contributed by atoms with E-state index in [0.717, 1.165) is 4.47 Å². The number of anilines is 1. The van der Waals surface area contributed by atoms with Crippen molar-refractivity contribution in [2.45, 2.75) is 33.2 Å². The molecule has 0 spiro atoms. The molecule has 0 bridgehead atoms. The van der Waals surface area contributed by atoms with E-state index in [1.54, 1.807) is 0 Å². The Hall–Kier alpha value is 0.230. The van der Waals surface area contributed by atoms with Crippen molar-refractivity contribution in [3.05, 3.63) is 26.2 Å². The van der Waals surface area contributed by atoms with Crippen LogP contribution in [0, 0.1) is 9.49 Å². The second kappa shape index (κ2) is 6.09. The van der Waals surface area contributed by atoms with Crippen LogP contribution in [0.25, 0.3) is 0 Å². The summed E-state index contributed by atoms with van der Waals surface area (Å²) in [5, 5.41) is 3.53. The molecule has 2 atom stereocenters. The zero-order valence-corrected chi connectivity index (χ0v) is 13.1. The fraction of sp³-hybridized carbons (Fsp3) is 0.500. The van der Waals surface area contributed by atoms with Crippen LogP contribution >= 0.6 is 38.5 Å². The molecule has 15 heavy (non-hydrogen) atoms. The van der Waals surface area contributed by atoms with Crippen molar-refractivity contribution in [2.24, 2.45) is 5.92 Å². The van der Waals surface area contributed by atoms with Crippen molar-refractivity contribution in [3.63, 3.8) is 0 Å². The third-order valence-electron chi connectivity index (χ3n) is 2.81. The number of halogens is 2. The zero-order valence-electron chi connectivity index (χ0n) is 9.35. The van der Waals surface area contributed by atoms with Crippen LogP contribution in [0.1, 0.15) is 27.2 Å². The van der Waals surface area contributed by atoms with Crippen molar-refractivity contribution < 1.29 is 0 Å². The number of hydrogen-bond acceptors (Lipinski definition) is 1. The number of nitrogens with one attached hydrogen (secondary N) is 1. The summed E-state index contributed by atoms with van der Waals surface area (Å²) in [7, 11) is 0. The summed E-state index contributed by atoms with van der Waals surface area (Å²) in [6, 6.07) is 6.91. The first-order chi connectivity index (χ1) is 7.04. The summed E-state index contributed by atoms with van der Waals surface area (Å²) in [4.78, 5) is 0. The smallest absolute Gasteiger partial charge is 0.0354 e. The van der Waals surface area contributed by atoms with Gasteiger partial charge >= 0.3 is 0 Å². The predicted octanol–water partition coefficient (Wildman–Crippen LogP) is 4.90. The molecule has 0 aliphatic carbocycles. The molecule has 0 amide bonds. The highest BCUT2D eigenvalue weighted by atomic mass is 127. The average Bonchev–Trinajstić information content (AvgIpc) is 2.22. The molecule has 0 aliphatic heterocycles. The van der Waals surface area contributed by atoms with Crippen LogP contribution in [-0.4, -0.2) is 6.04 Å². The molecule has 0 saturated heterocycles. The van der Waals surface area contributed by atoms with Crippen molar-refractivity contribution in [2.75, 3.05) is 5.32 Å². The Labute approximate surface area is 114 Å². The highest BCUT2D eigenvalue weighted by Crippen LogP contribution is 2.24. The first-order valence-electron chi connectivity index (χ1n) is 5.26. The van der Waals surface area contributed by atoms with E-state index in [4.69, 9.17) is 0 Å². The third-order valence-corrected chi connectivity index (χ3v) is 5.15. The van der Waals surface area contributed by atoms with Gasteiger partial charge in [0.25, 0.3) is 0 Å². The molecule has 1 N–H and O–H groups in total. The number of rotatable bonds is 4. The normalized spacial score (nSPS) is 14.7. The summed E-state index contributed by atoms with van der Waals surface area (Å²) in [6.07, 6.45) is 1.21. The maximum Gasteiger partial charge on any atom is 0.0354 e. The van der Waals surface area contributed by atoms with E-state index < -0.39 is 0 Å². The second-order valence-corrected chi connectivity index (χ2v) is 5.96. The minimum absolute atomic E-state index is 0.516. The van der Waals surface area contributed by atoms with Gasteiger partial charge in [-0.1, -0.05) is 20.3 Å². The van der Waals surface area contributed by atoms with Gasteiger partial charge < -0.3 is 5.32 Å². The quantitative estimate of drug-likeness (QED) is 0.731. The van der Waals surface area contributed by atoms with Gasteiger partial charge in [0, 0.05) is 19.8 Å². The molecule has 0 aliphatic rings. The van der Waals surface area contributed by atoms with Gasteiger partial charge in [0.2, 0.25) is 0 Å². The van der Waals surface area contributed by atoms with E-state index in [-0.39, 0.29) is 0 Å². The third kappa shape index (κ3) is 3.94. The maximum absolute atomic E-state index is 3.54. The summed E-state index contributed by atoms with van der Waals surface area (Å²) in [5.74, 6) is 0.697. The molecule has 1 aromatic carbocycles. The Bertz CT molecular complexity index is 327. The second-order valence-electron chi connectivity index (χ2n) is 3.95. The van der Waals surface area contributed by atoms with E-state index in [2.05, 4.69) is 82.8 Å². The van der Waals surface area contributed by atoms with Crippen LogP contribution in [0.15, 0.2) is 22.7 Å². The van der Waals surface area contributed by atoms with Gasteiger partial charge in [-0.25, -0.2) is 0 Å². The molecule has 0 heterocycles. The SMILES string of the molecule is CCC(C)C(C)Nc1ccc(I)c(Br)c1. The molecular formula is C12H17BrIN. The Morgan fingerprint density at radius 1 is 1.40 bits per heavy atom. The topological polar surface area (TPSA) is 12.0 Å². The monoisotopic (exact) mass is 381 g/mol. The lowest BCUT2D eigenvalue weighted by molar-refractivity contribution is 0.494. The molecular weight excluding hydrogens is 365 g/mol. The molecule has 0 saturated carbocycles. The Balaban J connectivity index is 2.68. The van der Waals surface area contributed by atoms with E-state index in [1.807, 2.05) is 0 Å². The molecule has 0 aromatic heterocycles. The van der Waals surface area contributed by atoms with Crippen LogP contribution in [0.4, 0.5) is 5.69 Å². The van der Waals surface area contributed by atoms with E-state index >= 15 is 0 Å². The largest absolute Gasteiger partial charge is 0.382 e. The molecule has 3 heteroatoms. The fourth-order valence-electron chi connectivity index (χ4n) is 1.34.